The normalized spacial score (nSPS) is 10.8. The molecule has 0 bridgehead atoms. The van der Waals surface area contributed by atoms with E-state index in [0.717, 1.165) is 28.5 Å². The fourth-order valence-electron chi connectivity index (χ4n) is 2.21. The molecular weight excluding hydrogens is 262 g/mol. The third-order valence-electron chi connectivity index (χ3n) is 3.51. The van der Waals surface area contributed by atoms with Gasteiger partial charge >= 0.3 is 0 Å². The molecule has 0 spiro atoms. The minimum Gasteiger partial charge on any atom is -0.495 e. The molecule has 0 radical (unpaired) electrons. The maximum atomic E-state index is 5.81. The van der Waals surface area contributed by atoms with Crippen LogP contribution in [0.2, 0.25) is 0 Å². The van der Waals surface area contributed by atoms with Gasteiger partial charge in [0.05, 0.1) is 12.8 Å². The van der Waals surface area contributed by atoms with Crippen molar-refractivity contribution in [3.63, 3.8) is 0 Å². The molecule has 112 valence electrons. The van der Waals surface area contributed by atoms with Crippen molar-refractivity contribution >= 4 is 11.5 Å². The van der Waals surface area contributed by atoms with Gasteiger partial charge in [-0.3, -0.25) is 0 Å². The van der Waals surface area contributed by atoms with Gasteiger partial charge in [-0.05, 0) is 35.7 Å². The summed E-state index contributed by atoms with van der Waals surface area (Å²) in [6.07, 6.45) is 0. The zero-order valence-corrected chi connectivity index (χ0v) is 13.1. The number of aromatic nitrogens is 1. The smallest absolute Gasteiger partial charge is 0.142 e. The largest absolute Gasteiger partial charge is 0.495 e. The maximum Gasteiger partial charge on any atom is 0.142 e. The fraction of sp³-hybridized carbons (Fsp3) is 0.353. The van der Waals surface area contributed by atoms with E-state index in [1.807, 2.05) is 42.3 Å². The first-order chi connectivity index (χ1) is 10.1. The monoisotopic (exact) mass is 285 g/mol. The highest BCUT2D eigenvalue weighted by molar-refractivity contribution is 5.66. The molecule has 0 aliphatic carbocycles. The van der Waals surface area contributed by atoms with Crippen molar-refractivity contribution < 1.29 is 4.74 Å². The van der Waals surface area contributed by atoms with Crippen LogP contribution in [0.25, 0.3) is 0 Å². The summed E-state index contributed by atoms with van der Waals surface area (Å²) in [5.41, 5.74) is 8.93. The van der Waals surface area contributed by atoms with E-state index in [0.29, 0.717) is 12.5 Å². The second kappa shape index (κ2) is 6.59. The molecule has 0 amide bonds. The second-order valence-electron chi connectivity index (χ2n) is 5.35. The van der Waals surface area contributed by atoms with Crippen LogP contribution in [0.3, 0.4) is 0 Å². The van der Waals surface area contributed by atoms with Crippen LogP contribution in [0.15, 0.2) is 36.4 Å². The van der Waals surface area contributed by atoms with Gasteiger partial charge in [0.25, 0.3) is 0 Å². The van der Waals surface area contributed by atoms with E-state index in [-0.39, 0.29) is 0 Å². The first-order valence-corrected chi connectivity index (χ1v) is 7.14. The van der Waals surface area contributed by atoms with Gasteiger partial charge in [-0.25, -0.2) is 4.98 Å². The average Bonchev–Trinajstić information content (AvgIpc) is 2.53. The predicted molar refractivity (Wildman–Crippen MR) is 87.3 cm³/mol. The molecule has 2 N–H and O–H groups in total. The maximum absolute atomic E-state index is 5.81. The van der Waals surface area contributed by atoms with E-state index < -0.39 is 0 Å². The molecular formula is C17H23N3O. The van der Waals surface area contributed by atoms with Gasteiger partial charge in [-0.1, -0.05) is 26.0 Å². The lowest BCUT2D eigenvalue weighted by Crippen LogP contribution is -2.14. The van der Waals surface area contributed by atoms with E-state index in [9.17, 15) is 0 Å². The second-order valence-corrected chi connectivity index (χ2v) is 5.35. The Hall–Kier alpha value is -2.07. The van der Waals surface area contributed by atoms with Crippen molar-refractivity contribution in [2.24, 2.45) is 5.73 Å². The summed E-state index contributed by atoms with van der Waals surface area (Å²) in [5, 5.41) is 0. The zero-order valence-electron chi connectivity index (χ0n) is 13.1. The van der Waals surface area contributed by atoms with Gasteiger partial charge in [0.1, 0.15) is 11.6 Å². The third kappa shape index (κ3) is 3.34. The molecule has 0 atom stereocenters. The first-order valence-electron chi connectivity index (χ1n) is 7.14. The van der Waals surface area contributed by atoms with Crippen molar-refractivity contribution in [2.45, 2.75) is 26.3 Å². The molecule has 1 aromatic heterocycles. The van der Waals surface area contributed by atoms with Gasteiger partial charge in [-0.15, -0.1) is 0 Å². The highest BCUT2D eigenvalue weighted by Crippen LogP contribution is 2.32. The molecule has 1 aromatic carbocycles. The summed E-state index contributed by atoms with van der Waals surface area (Å²) in [6.45, 7) is 4.78. The van der Waals surface area contributed by atoms with Gasteiger partial charge in [0, 0.05) is 19.3 Å². The van der Waals surface area contributed by atoms with E-state index in [1.165, 1.54) is 0 Å². The molecule has 0 aliphatic rings. The Morgan fingerprint density at radius 1 is 1.24 bits per heavy atom. The SMILES string of the molecule is COc1ccccc1N(C)c1cc(CN)cc(C(C)C)n1. The van der Waals surface area contributed by atoms with Crippen LogP contribution < -0.4 is 15.4 Å². The highest BCUT2D eigenvalue weighted by Gasteiger charge is 2.13. The van der Waals surface area contributed by atoms with Crippen molar-refractivity contribution in [3.8, 4) is 5.75 Å². The van der Waals surface area contributed by atoms with Gasteiger partial charge in [0.2, 0.25) is 0 Å². The van der Waals surface area contributed by atoms with Crippen LogP contribution in [0.1, 0.15) is 31.0 Å². The van der Waals surface area contributed by atoms with Gasteiger partial charge in [0.15, 0.2) is 0 Å². The summed E-state index contributed by atoms with van der Waals surface area (Å²) in [6, 6.07) is 12.0. The van der Waals surface area contributed by atoms with Crippen LogP contribution >= 0.6 is 0 Å². The molecule has 2 aromatic rings. The number of rotatable bonds is 5. The van der Waals surface area contributed by atoms with E-state index in [4.69, 9.17) is 15.5 Å². The topological polar surface area (TPSA) is 51.4 Å². The minimum absolute atomic E-state index is 0.362. The Kier molecular flexibility index (Phi) is 4.81. The number of benzene rings is 1. The lowest BCUT2D eigenvalue weighted by atomic mass is 10.1. The highest BCUT2D eigenvalue weighted by atomic mass is 16.5. The van der Waals surface area contributed by atoms with E-state index in [1.54, 1.807) is 7.11 Å². The Bertz CT molecular complexity index is 611. The van der Waals surface area contributed by atoms with Crippen LogP contribution in [0.5, 0.6) is 5.75 Å². The van der Waals surface area contributed by atoms with Crippen molar-refractivity contribution in [1.82, 2.24) is 4.98 Å². The van der Waals surface area contributed by atoms with Crippen LogP contribution in [0, 0.1) is 0 Å². The molecule has 21 heavy (non-hydrogen) atoms. The predicted octanol–water partition coefficient (Wildman–Crippen LogP) is 3.44. The summed E-state index contributed by atoms with van der Waals surface area (Å²) in [4.78, 5) is 6.78. The quantitative estimate of drug-likeness (QED) is 0.914. The average molecular weight is 285 g/mol. The molecule has 0 aliphatic heterocycles. The molecule has 0 saturated heterocycles. The molecule has 0 unspecified atom stereocenters. The Morgan fingerprint density at radius 2 is 1.95 bits per heavy atom. The van der Waals surface area contributed by atoms with E-state index in [2.05, 4.69) is 19.9 Å². The molecule has 4 heteroatoms. The number of para-hydroxylation sites is 2. The number of ether oxygens (including phenoxy) is 1. The summed E-state index contributed by atoms with van der Waals surface area (Å²) in [7, 11) is 3.67. The van der Waals surface area contributed by atoms with Gasteiger partial charge in [-0.2, -0.15) is 0 Å². The third-order valence-corrected chi connectivity index (χ3v) is 3.51. The van der Waals surface area contributed by atoms with Crippen molar-refractivity contribution in [3.05, 3.63) is 47.7 Å². The number of hydrogen-bond acceptors (Lipinski definition) is 4. The zero-order chi connectivity index (χ0) is 15.4. The molecule has 0 saturated carbocycles. The number of methoxy groups -OCH3 is 1. The van der Waals surface area contributed by atoms with Crippen molar-refractivity contribution in [1.29, 1.82) is 0 Å². The summed E-state index contributed by atoms with van der Waals surface area (Å²) < 4.78 is 5.43. The Morgan fingerprint density at radius 3 is 2.57 bits per heavy atom. The number of nitrogens with zero attached hydrogens (tertiary/aromatic N) is 2. The summed E-state index contributed by atoms with van der Waals surface area (Å²) >= 11 is 0. The van der Waals surface area contributed by atoms with Crippen LogP contribution in [-0.2, 0) is 6.54 Å². The lowest BCUT2D eigenvalue weighted by Gasteiger charge is -2.22. The summed E-state index contributed by atoms with van der Waals surface area (Å²) in [5.74, 6) is 2.07. The van der Waals surface area contributed by atoms with Crippen LogP contribution in [-0.4, -0.2) is 19.1 Å². The number of pyridine rings is 1. The molecule has 1 heterocycles. The minimum atomic E-state index is 0.362. The fourth-order valence-corrected chi connectivity index (χ4v) is 2.21. The number of hydrogen-bond donors (Lipinski definition) is 1. The lowest BCUT2D eigenvalue weighted by molar-refractivity contribution is 0.415. The molecule has 4 nitrogen and oxygen atoms in total. The Balaban J connectivity index is 2.47. The molecule has 2 rings (SSSR count). The van der Waals surface area contributed by atoms with Crippen molar-refractivity contribution in [2.75, 3.05) is 19.1 Å². The number of nitrogens with two attached hydrogens (primary N) is 1. The first kappa shape index (κ1) is 15.3. The van der Waals surface area contributed by atoms with E-state index >= 15 is 0 Å². The number of anilines is 2. The Labute approximate surface area is 126 Å². The van der Waals surface area contributed by atoms with Crippen LogP contribution in [0.4, 0.5) is 11.5 Å². The van der Waals surface area contributed by atoms with Gasteiger partial charge < -0.3 is 15.4 Å². The molecule has 0 fully saturated rings. The standard InChI is InChI=1S/C17H23N3O/c1-12(2)14-9-13(11-18)10-17(19-14)20(3)15-7-5-6-8-16(15)21-4/h5-10,12H,11,18H2,1-4H3.